The van der Waals surface area contributed by atoms with Crippen molar-refractivity contribution in [3.63, 3.8) is 0 Å². The third kappa shape index (κ3) is 3.82. The highest BCUT2D eigenvalue weighted by atomic mass is 32.2. The van der Waals surface area contributed by atoms with E-state index in [-0.39, 0.29) is 5.75 Å². The molecule has 0 aliphatic rings. The summed E-state index contributed by atoms with van der Waals surface area (Å²) in [6.07, 6.45) is 1.50. The fourth-order valence-electron chi connectivity index (χ4n) is 2.03. The molecule has 0 radical (unpaired) electrons. The Bertz CT molecular complexity index is 902. The van der Waals surface area contributed by atoms with Crippen LogP contribution in [0.15, 0.2) is 53.9 Å². The lowest BCUT2D eigenvalue weighted by atomic mass is 10.3. The molecular formula is C16H11F3N4OS. The molecule has 25 heavy (non-hydrogen) atoms. The van der Waals surface area contributed by atoms with Gasteiger partial charge >= 0.3 is 0 Å². The van der Waals surface area contributed by atoms with Crippen LogP contribution >= 0.6 is 11.8 Å². The van der Waals surface area contributed by atoms with Gasteiger partial charge < -0.3 is 5.32 Å². The highest BCUT2D eigenvalue weighted by molar-refractivity contribution is 7.99. The Morgan fingerprint density at radius 1 is 1.08 bits per heavy atom. The molecule has 0 spiro atoms. The second kappa shape index (κ2) is 7.39. The van der Waals surface area contributed by atoms with E-state index in [1.807, 2.05) is 30.3 Å². The molecule has 128 valence electrons. The zero-order chi connectivity index (χ0) is 17.8. The van der Waals surface area contributed by atoms with E-state index in [1.54, 1.807) is 4.57 Å². The van der Waals surface area contributed by atoms with Gasteiger partial charge in [-0.3, -0.25) is 9.36 Å². The molecule has 0 fully saturated rings. The predicted octanol–water partition coefficient (Wildman–Crippen LogP) is 3.42. The second-order valence-corrected chi connectivity index (χ2v) is 5.82. The van der Waals surface area contributed by atoms with Crippen LogP contribution in [0, 0.1) is 17.5 Å². The number of anilines is 1. The summed E-state index contributed by atoms with van der Waals surface area (Å²) in [6.45, 7) is 0. The van der Waals surface area contributed by atoms with E-state index in [4.69, 9.17) is 0 Å². The highest BCUT2D eigenvalue weighted by Gasteiger charge is 2.16. The first kappa shape index (κ1) is 17.0. The van der Waals surface area contributed by atoms with Crippen molar-refractivity contribution in [2.75, 3.05) is 11.1 Å². The van der Waals surface area contributed by atoms with Crippen LogP contribution in [0.1, 0.15) is 0 Å². The van der Waals surface area contributed by atoms with Gasteiger partial charge in [-0.15, -0.1) is 10.2 Å². The summed E-state index contributed by atoms with van der Waals surface area (Å²) < 4.78 is 41.3. The molecule has 0 aliphatic heterocycles. The molecule has 0 unspecified atom stereocenters. The van der Waals surface area contributed by atoms with Gasteiger partial charge in [-0.1, -0.05) is 30.0 Å². The van der Waals surface area contributed by atoms with Crippen molar-refractivity contribution in [3.8, 4) is 5.69 Å². The number of hydrogen-bond acceptors (Lipinski definition) is 4. The summed E-state index contributed by atoms with van der Waals surface area (Å²) in [5.41, 5.74) is 0.399. The summed E-state index contributed by atoms with van der Waals surface area (Å²) in [5.74, 6) is -5.08. The fraction of sp³-hybridized carbons (Fsp3) is 0.0625. The van der Waals surface area contributed by atoms with Crippen molar-refractivity contribution in [1.82, 2.24) is 14.8 Å². The van der Waals surface area contributed by atoms with Gasteiger partial charge in [0.25, 0.3) is 0 Å². The third-order valence-electron chi connectivity index (χ3n) is 3.19. The first-order valence-electron chi connectivity index (χ1n) is 7.08. The van der Waals surface area contributed by atoms with E-state index >= 15 is 0 Å². The molecule has 0 bridgehead atoms. The minimum absolute atomic E-state index is 0.107. The van der Waals surface area contributed by atoms with Gasteiger partial charge in [0, 0.05) is 5.69 Å². The molecule has 0 atom stereocenters. The monoisotopic (exact) mass is 364 g/mol. The Labute approximate surface area is 144 Å². The molecule has 1 aromatic heterocycles. The number of nitrogens with zero attached hydrogens (tertiary/aromatic N) is 3. The Morgan fingerprint density at radius 2 is 1.84 bits per heavy atom. The summed E-state index contributed by atoms with van der Waals surface area (Å²) in [5, 5.41) is 10.4. The van der Waals surface area contributed by atoms with Gasteiger partial charge in [0.05, 0.1) is 11.4 Å². The number of benzene rings is 2. The zero-order valence-corrected chi connectivity index (χ0v) is 13.4. The van der Waals surface area contributed by atoms with Gasteiger partial charge in [0.1, 0.15) is 6.33 Å². The van der Waals surface area contributed by atoms with E-state index in [1.165, 1.54) is 6.33 Å². The van der Waals surface area contributed by atoms with Crippen LogP contribution in [-0.2, 0) is 4.79 Å². The number of carbonyl (C=O) groups excluding carboxylic acids is 1. The van der Waals surface area contributed by atoms with E-state index in [0.717, 1.165) is 29.6 Å². The molecule has 0 saturated heterocycles. The van der Waals surface area contributed by atoms with E-state index in [9.17, 15) is 18.0 Å². The Hall–Kier alpha value is -2.81. The molecule has 0 saturated carbocycles. The van der Waals surface area contributed by atoms with E-state index in [2.05, 4.69) is 15.5 Å². The quantitative estimate of drug-likeness (QED) is 0.557. The van der Waals surface area contributed by atoms with Crippen LogP contribution < -0.4 is 5.32 Å². The average Bonchev–Trinajstić information content (AvgIpc) is 3.10. The number of thioether (sulfide) groups is 1. The second-order valence-electron chi connectivity index (χ2n) is 4.88. The lowest BCUT2D eigenvalue weighted by Crippen LogP contribution is -2.16. The average molecular weight is 364 g/mol. The molecule has 2 aromatic carbocycles. The summed E-state index contributed by atoms with van der Waals surface area (Å²) in [7, 11) is 0. The SMILES string of the molecule is O=C(CSc1nncn1-c1ccccc1)Nc1ccc(F)c(F)c1F. The van der Waals surface area contributed by atoms with E-state index < -0.39 is 29.0 Å². The smallest absolute Gasteiger partial charge is 0.234 e. The molecule has 1 N–H and O–H groups in total. The van der Waals surface area contributed by atoms with Crippen LogP contribution in [0.25, 0.3) is 5.69 Å². The van der Waals surface area contributed by atoms with Crippen LogP contribution in [0.5, 0.6) is 0 Å². The molecular weight excluding hydrogens is 353 g/mol. The largest absolute Gasteiger partial charge is 0.323 e. The number of aromatic nitrogens is 3. The van der Waals surface area contributed by atoms with Crippen molar-refractivity contribution in [3.05, 3.63) is 66.2 Å². The highest BCUT2D eigenvalue weighted by Crippen LogP contribution is 2.22. The van der Waals surface area contributed by atoms with Gasteiger partial charge in [-0.2, -0.15) is 0 Å². The lowest BCUT2D eigenvalue weighted by Gasteiger charge is -2.08. The molecule has 3 rings (SSSR count). The van der Waals surface area contributed by atoms with Crippen LogP contribution in [0.4, 0.5) is 18.9 Å². The summed E-state index contributed by atoms with van der Waals surface area (Å²) >= 11 is 1.08. The van der Waals surface area contributed by atoms with Crippen molar-refractivity contribution in [2.24, 2.45) is 0 Å². The number of halogens is 3. The standard InChI is InChI=1S/C16H11F3N4OS/c17-11-6-7-12(15(19)14(11)18)21-13(24)8-25-16-22-20-9-23(16)10-4-2-1-3-5-10/h1-7,9H,8H2,(H,21,24). The maximum atomic E-state index is 13.6. The number of hydrogen-bond donors (Lipinski definition) is 1. The van der Waals surface area contributed by atoms with Crippen LogP contribution in [-0.4, -0.2) is 26.4 Å². The maximum absolute atomic E-state index is 13.6. The lowest BCUT2D eigenvalue weighted by molar-refractivity contribution is -0.113. The Kier molecular flexibility index (Phi) is 5.03. The summed E-state index contributed by atoms with van der Waals surface area (Å²) in [4.78, 5) is 11.9. The minimum Gasteiger partial charge on any atom is -0.323 e. The maximum Gasteiger partial charge on any atom is 0.234 e. The molecule has 9 heteroatoms. The van der Waals surface area contributed by atoms with Crippen molar-refractivity contribution in [2.45, 2.75) is 5.16 Å². The topological polar surface area (TPSA) is 59.8 Å². The van der Waals surface area contributed by atoms with Gasteiger partial charge in [-0.05, 0) is 24.3 Å². The number of nitrogens with one attached hydrogen (secondary N) is 1. The van der Waals surface area contributed by atoms with Crippen LogP contribution in [0.3, 0.4) is 0 Å². The Morgan fingerprint density at radius 3 is 2.60 bits per heavy atom. The fourth-order valence-corrected chi connectivity index (χ4v) is 2.76. The van der Waals surface area contributed by atoms with Crippen molar-refractivity contribution in [1.29, 1.82) is 0 Å². The first-order valence-corrected chi connectivity index (χ1v) is 8.06. The first-order chi connectivity index (χ1) is 12.1. The van der Waals surface area contributed by atoms with Gasteiger partial charge in [-0.25, -0.2) is 13.2 Å². The number of amides is 1. The number of rotatable bonds is 5. The molecule has 5 nitrogen and oxygen atoms in total. The van der Waals surface area contributed by atoms with Crippen molar-refractivity contribution < 1.29 is 18.0 Å². The zero-order valence-electron chi connectivity index (χ0n) is 12.6. The Balaban J connectivity index is 1.66. The third-order valence-corrected chi connectivity index (χ3v) is 4.14. The molecule has 0 aliphatic carbocycles. The molecule has 1 amide bonds. The number of carbonyl (C=O) groups is 1. The van der Waals surface area contributed by atoms with Crippen molar-refractivity contribution >= 4 is 23.4 Å². The van der Waals surface area contributed by atoms with E-state index in [0.29, 0.717) is 5.16 Å². The summed E-state index contributed by atoms with van der Waals surface area (Å²) in [6, 6.07) is 11.0. The van der Waals surface area contributed by atoms with Gasteiger partial charge in [0.15, 0.2) is 22.6 Å². The number of para-hydroxylation sites is 1. The molecule has 1 heterocycles. The van der Waals surface area contributed by atoms with Gasteiger partial charge in [0.2, 0.25) is 5.91 Å². The molecule has 3 aromatic rings. The van der Waals surface area contributed by atoms with Crippen LogP contribution in [0.2, 0.25) is 0 Å². The minimum atomic E-state index is -1.63. The predicted molar refractivity (Wildman–Crippen MR) is 87.0 cm³/mol. The normalized spacial score (nSPS) is 10.7.